The Bertz CT molecular complexity index is 681. The summed E-state index contributed by atoms with van der Waals surface area (Å²) in [6.07, 6.45) is -4.49. The minimum absolute atomic E-state index is 0.101. The normalized spacial score (nSPS) is 11.2. The number of hydrogen-bond donors (Lipinski definition) is 2. The standard InChI is InChI=1S/C15H13F3N2O/c1-9-5-4-8-12(13(9)15(16,17)18)20-11-7-3-2-6-10(11)14(19)21/h2-8,20H,1H3,(H2,19,21). The third-order valence-electron chi connectivity index (χ3n) is 3.02. The molecule has 0 aliphatic carbocycles. The maximum Gasteiger partial charge on any atom is 0.418 e. The first-order chi connectivity index (χ1) is 9.80. The molecule has 0 spiro atoms. The summed E-state index contributed by atoms with van der Waals surface area (Å²) in [5.41, 5.74) is 4.82. The lowest BCUT2D eigenvalue weighted by molar-refractivity contribution is -0.137. The fourth-order valence-electron chi connectivity index (χ4n) is 2.10. The van der Waals surface area contributed by atoms with E-state index < -0.39 is 17.6 Å². The zero-order valence-electron chi connectivity index (χ0n) is 11.2. The van der Waals surface area contributed by atoms with Gasteiger partial charge in [0.1, 0.15) is 0 Å². The zero-order chi connectivity index (χ0) is 15.6. The number of benzene rings is 2. The first-order valence-electron chi connectivity index (χ1n) is 6.13. The largest absolute Gasteiger partial charge is 0.418 e. The van der Waals surface area contributed by atoms with Crippen molar-refractivity contribution in [2.75, 3.05) is 5.32 Å². The molecule has 0 unspecified atom stereocenters. The van der Waals surface area contributed by atoms with Crippen molar-refractivity contribution in [1.82, 2.24) is 0 Å². The highest BCUT2D eigenvalue weighted by Gasteiger charge is 2.35. The maximum absolute atomic E-state index is 13.1. The van der Waals surface area contributed by atoms with Crippen LogP contribution in [0.1, 0.15) is 21.5 Å². The number of amides is 1. The van der Waals surface area contributed by atoms with Gasteiger partial charge in [0.15, 0.2) is 0 Å². The van der Waals surface area contributed by atoms with Crippen molar-refractivity contribution >= 4 is 17.3 Å². The number of hydrogen-bond acceptors (Lipinski definition) is 2. The molecule has 2 aromatic rings. The molecule has 2 aromatic carbocycles. The highest BCUT2D eigenvalue weighted by atomic mass is 19.4. The SMILES string of the molecule is Cc1cccc(Nc2ccccc2C(N)=O)c1C(F)(F)F. The van der Waals surface area contributed by atoms with Crippen LogP contribution in [0.5, 0.6) is 0 Å². The Morgan fingerprint density at radius 2 is 1.67 bits per heavy atom. The average Bonchev–Trinajstić information content (AvgIpc) is 2.37. The van der Waals surface area contributed by atoms with Gasteiger partial charge in [0.2, 0.25) is 0 Å². The second kappa shape index (κ2) is 5.47. The molecule has 0 bridgehead atoms. The summed E-state index contributed by atoms with van der Waals surface area (Å²) in [5.74, 6) is -0.709. The smallest absolute Gasteiger partial charge is 0.366 e. The van der Waals surface area contributed by atoms with Crippen LogP contribution in [0.4, 0.5) is 24.5 Å². The number of carbonyl (C=O) groups excluding carboxylic acids is 1. The van der Waals surface area contributed by atoms with E-state index in [2.05, 4.69) is 5.32 Å². The highest BCUT2D eigenvalue weighted by Crippen LogP contribution is 2.38. The van der Waals surface area contributed by atoms with Crippen LogP contribution in [0.15, 0.2) is 42.5 Å². The van der Waals surface area contributed by atoms with Crippen LogP contribution in [0.25, 0.3) is 0 Å². The lowest BCUT2D eigenvalue weighted by Gasteiger charge is -2.18. The molecule has 2 rings (SSSR count). The number of nitrogens with one attached hydrogen (secondary N) is 1. The molecule has 0 saturated carbocycles. The van der Waals surface area contributed by atoms with Gasteiger partial charge in [-0.15, -0.1) is 0 Å². The van der Waals surface area contributed by atoms with E-state index in [0.717, 1.165) is 0 Å². The predicted octanol–water partition coefficient (Wildman–Crippen LogP) is 3.86. The van der Waals surface area contributed by atoms with Crippen LogP contribution in [0.2, 0.25) is 0 Å². The Labute approximate surface area is 119 Å². The Kier molecular flexibility index (Phi) is 3.88. The summed E-state index contributed by atoms with van der Waals surface area (Å²) in [5, 5.41) is 2.65. The monoisotopic (exact) mass is 294 g/mol. The number of carbonyl (C=O) groups is 1. The van der Waals surface area contributed by atoms with E-state index >= 15 is 0 Å². The van der Waals surface area contributed by atoms with E-state index in [1.165, 1.54) is 37.3 Å². The van der Waals surface area contributed by atoms with Gasteiger partial charge in [0.05, 0.1) is 22.5 Å². The number of aryl methyl sites for hydroxylation is 1. The molecule has 0 atom stereocenters. The molecular formula is C15H13F3N2O. The summed E-state index contributed by atoms with van der Waals surface area (Å²) < 4.78 is 39.4. The van der Waals surface area contributed by atoms with E-state index in [1.807, 2.05) is 0 Å². The summed E-state index contributed by atoms with van der Waals surface area (Å²) >= 11 is 0. The van der Waals surface area contributed by atoms with Crippen LogP contribution in [-0.4, -0.2) is 5.91 Å². The number of alkyl halides is 3. The van der Waals surface area contributed by atoms with Crippen molar-refractivity contribution in [1.29, 1.82) is 0 Å². The number of halogens is 3. The Morgan fingerprint density at radius 3 is 2.29 bits per heavy atom. The fourth-order valence-corrected chi connectivity index (χ4v) is 2.10. The van der Waals surface area contributed by atoms with Crippen LogP contribution in [-0.2, 0) is 6.18 Å². The summed E-state index contributed by atoms with van der Waals surface area (Å²) in [6.45, 7) is 1.38. The third kappa shape index (κ3) is 3.16. The lowest BCUT2D eigenvalue weighted by Crippen LogP contribution is -2.15. The quantitative estimate of drug-likeness (QED) is 0.903. The molecule has 3 N–H and O–H groups in total. The van der Waals surface area contributed by atoms with E-state index in [1.54, 1.807) is 12.1 Å². The van der Waals surface area contributed by atoms with Gasteiger partial charge in [-0.1, -0.05) is 24.3 Å². The molecular weight excluding hydrogens is 281 g/mol. The van der Waals surface area contributed by atoms with Gasteiger partial charge in [0, 0.05) is 0 Å². The average molecular weight is 294 g/mol. The van der Waals surface area contributed by atoms with Crippen LogP contribution in [0, 0.1) is 6.92 Å². The van der Waals surface area contributed by atoms with Gasteiger partial charge < -0.3 is 11.1 Å². The van der Waals surface area contributed by atoms with Gasteiger partial charge in [0.25, 0.3) is 5.91 Å². The van der Waals surface area contributed by atoms with Crippen LogP contribution < -0.4 is 11.1 Å². The van der Waals surface area contributed by atoms with Crippen molar-refractivity contribution in [2.45, 2.75) is 13.1 Å². The molecule has 110 valence electrons. The molecule has 0 aromatic heterocycles. The van der Waals surface area contributed by atoms with Crippen molar-refractivity contribution in [3.63, 3.8) is 0 Å². The predicted molar refractivity (Wildman–Crippen MR) is 74.4 cm³/mol. The van der Waals surface area contributed by atoms with Crippen LogP contribution >= 0.6 is 0 Å². The minimum atomic E-state index is -4.49. The maximum atomic E-state index is 13.1. The van der Waals surface area contributed by atoms with Gasteiger partial charge >= 0.3 is 6.18 Å². The third-order valence-corrected chi connectivity index (χ3v) is 3.02. The second-order valence-corrected chi connectivity index (χ2v) is 4.53. The van der Waals surface area contributed by atoms with E-state index in [9.17, 15) is 18.0 Å². The van der Waals surface area contributed by atoms with Gasteiger partial charge in [-0.05, 0) is 30.7 Å². The molecule has 0 heterocycles. The first kappa shape index (κ1) is 14.9. The highest BCUT2D eigenvalue weighted by molar-refractivity contribution is 5.99. The molecule has 1 amide bonds. The molecule has 3 nitrogen and oxygen atoms in total. The number of para-hydroxylation sites is 1. The fraction of sp³-hybridized carbons (Fsp3) is 0.133. The number of primary amides is 1. The Hall–Kier alpha value is -2.50. The molecule has 6 heteroatoms. The Morgan fingerprint density at radius 1 is 1.05 bits per heavy atom. The van der Waals surface area contributed by atoms with Crippen molar-refractivity contribution in [3.05, 3.63) is 59.2 Å². The zero-order valence-corrected chi connectivity index (χ0v) is 11.2. The van der Waals surface area contributed by atoms with E-state index in [4.69, 9.17) is 5.73 Å². The lowest BCUT2D eigenvalue weighted by atomic mass is 10.0. The second-order valence-electron chi connectivity index (χ2n) is 4.53. The number of rotatable bonds is 3. The number of anilines is 2. The molecule has 0 saturated heterocycles. The van der Waals surface area contributed by atoms with E-state index in [0.29, 0.717) is 0 Å². The van der Waals surface area contributed by atoms with E-state index in [-0.39, 0.29) is 22.5 Å². The summed E-state index contributed by atoms with van der Waals surface area (Å²) in [4.78, 5) is 11.3. The van der Waals surface area contributed by atoms with Gasteiger partial charge in [-0.25, -0.2) is 0 Å². The van der Waals surface area contributed by atoms with Crippen molar-refractivity contribution < 1.29 is 18.0 Å². The Balaban J connectivity index is 2.51. The van der Waals surface area contributed by atoms with Crippen LogP contribution in [0.3, 0.4) is 0 Å². The van der Waals surface area contributed by atoms with Crippen molar-refractivity contribution in [2.24, 2.45) is 5.73 Å². The minimum Gasteiger partial charge on any atom is -0.366 e. The molecule has 0 radical (unpaired) electrons. The summed E-state index contributed by atoms with van der Waals surface area (Å²) in [6, 6.07) is 10.4. The number of nitrogens with two attached hydrogens (primary N) is 1. The van der Waals surface area contributed by atoms with Crippen molar-refractivity contribution in [3.8, 4) is 0 Å². The van der Waals surface area contributed by atoms with Gasteiger partial charge in [-0.3, -0.25) is 4.79 Å². The summed E-state index contributed by atoms with van der Waals surface area (Å²) in [7, 11) is 0. The molecule has 0 aliphatic heterocycles. The topological polar surface area (TPSA) is 55.1 Å². The first-order valence-corrected chi connectivity index (χ1v) is 6.13. The molecule has 0 fully saturated rings. The molecule has 0 aliphatic rings. The van der Waals surface area contributed by atoms with Gasteiger partial charge in [-0.2, -0.15) is 13.2 Å². The molecule has 21 heavy (non-hydrogen) atoms.